The summed E-state index contributed by atoms with van der Waals surface area (Å²) in [5, 5.41) is 22.7. The van der Waals surface area contributed by atoms with Gasteiger partial charge in [0, 0.05) is 39.4 Å². The molecule has 0 bridgehead atoms. The highest BCUT2D eigenvalue weighted by atomic mass is 79.9. The standard InChI is InChI=1S/C22H18BrN3O5S/c1-13-11-15(23)4-9-18(13)25(2)21(27)14-3-10-20(19(12-14)26(30)31)32-17-7-5-16(6-8-17)24-22(28)29/h3-12,24H,1-2H3,(H,28,29). The maximum absolute atomic E-state index is 13.0. The molecular formula is C22H18BrN3O5S. The lowest BCUT2D eigenvalue weighted by atomic mass is 10.1. The maximum atomic E-state index is 13.0. The van der Waals surface area contributed by atoms with E-state index in [4.69, 9.17) is 5.11 Å². The Morgan fingerprint density at radius 1 is 1.09 bits per heavy atom. The first-order valence-corrected chi connectivity index (χ1v) is 10.9. The van der Waals surface area contributed by atoms with Crippen molar-refractivity contribution in [2.24, 2.45) is 0 Å². The highest BCUT2D eigenvalue weighted by Crippen LogP contribution is 2.36. The second-order valence-corrected chi connectivity index (χ2v) is 8.82. The quantitative estimate of drug-likeness (QED) is 0.299. The molecule has 0 saturated carbocycles. The van der Waals surface area contributed by atoms with Crippen LogP contribution in [0, 0.1) is 17.0 Å². The number of nitro benzene ring substituents is 1. The minimum Gasteiger partial charge on any atom is -0.465 e. The summed E-state index contributed by atoms with van der Waals surface area (Å²) in [6.07, 6.45) is -1.18. The molecule has 0 aliphatic heterocycles. The molecule has 8 nitrogen and oxygen atoms in total. The minimum absolute atomic E-state index is 0.186. The van der Waals surface area contributed by atoms with Crippen LogP contribution < -0.4 is 10.2 Å². The average Bonchev–Trinajstić information content (AvgIpc) is 2.74. The molecule has 0 radical (unpaired) electrons. The molecule has 0 unspecified atom stereocenters. The SMILES string of the molecule is Cc1cc(Br)ccc1N(C)C(=O)c1ccc(Sc2ccc(NC(=O)O)cc2)c([N+](=O)[O-])c1. The van der Waals surface area contributed by atoms with E-state index in [1.54, 1.807) is 49.5 Å². The lowest BCUT2D eigenvalue weighted by molar-refractivity contribution is -0.387. The van der Waals surface area contributed by atoms with Crippen LogP contribution in [0.1, 0.15) is 15.9 Å². The summed E-state index contributed by atoms with van der Waals surface area (Å²) >= 11 is 4.54. The Balaban J connectivity index is 1.86. The predicted octanol–water partition coefficient (Wildman–Crippen LogP) is 6.18. The number of nitrogens with zero attached hydrogens (tertiary/aromatic N) is 2. The number of anilines is 2. The molecule has 0 aliphatic rings. The number of carboxylic acid groups (broad SMARTS) is 1. The first kappa shape index (κ1) is 23.3. The van der Waals surface area contributed by atoms with Gasteiger partial charge in [0.1, 0.15) is 0 Å². The number of hydrogen-bond acceptors (Lipinski definition) is 5. The van der Waals surface area contributed by atoms with E-state index < -0.39 is 11.0 Å². The van der Waals surface area contributed by atoms with E-state index in [0.717, 1.165) is 21.8 Å². The van der Waals surface area contributed by atoms with E-state index >= 15 is 0 Å². The van der Waals surface area contributed by atoms with Crippen LogP contribution in [0.3, 0.4) is 0 Å². The summed E-state index contributed by atoms with van der Waals surface area (Å²) in [6.45, 7) is 1.88. The molecular weight excluding hydrogens is 498 g/mol. The Morgan fingerprint density at radius 2 is 1.78 bits per heavy atom. The lowest BCUT2D eigenvalue weighted by Crippen LogP contribution is -2.27. The molecule has 0 spiro atoms. The Kier molecular flexibility index (Phi) is 7.16. The second-order valence-electron chi connectivity index (χ2n) is 6.79. The largest absolute Gasteiger partial charge is 0.465 e. The Hall–Kier alpha value is -3.37. The highest BCUT2D eigenvalue weighted by molar-refractivity contribution is 9.10. The Morgan fingerprint density at radius 3 is 2.38 bits per heavy atom. The average molecular weight is 516 g/mol. The van der Waals surface area contributed by atoms with Gasteiger partial charge in [-0.2, -0.15) is 0 Å². The Labute approximate surface area is 196 Å². The van der Waals surface area contributed by atoms with E-state index in [2.05, 4.69) is 21.2 Å². The third-order valence-corrected chi connectivity index (χ3v) is 6.13. The molecule has 0 fully saturated rings. The van der Waals surface area contributed by atoms with Gasteiger partial charge in [0.2, 0.25) is 0 Å². The molecule has 3 aromatic carbocycles. The number of halogens is 1. The van der Waals surface area contributed by atoms with Gasteiger partial charge in [-0.15, -0.1) is 0 Å². The fraction of sp³-hybridized carbons (Fsp3) is 0.0909. The lowest BCUT2D eigenvalue weighted by Gasteiger charge is -2.20. The van der Waals surface area contributed by atoms with Crippen LogP contribution in [0.2, 0.25) is 0 Å². The van der Waals surface area contributed by atoms with Crippen LogP contribution >= 0.6 is 27.7 Å². The van der Waals surface area contributed by atoms with Crippen molar-refractivity contribution in [3.05, 3.63) is 86.4 Å². The number of benzene rings is 3. The summed E-state index contributed by atoms with van der Waals surface area (Å²) in [5.74, 6) is -0.362. The molecule has 2 amide bonds. The van der Waals surface area contributed by atoms with Crippen molar-refractivity contribution in [1.82, 2.24) is 0 Å². The molecule has 10 heteroatoms. The summed E-state index contributed by atoms with van der Waals surface area (Å²) in [6, 6.07) is 16.3. The maximum Gasteiger partial charge on any atom is 0.409 e. The van der Waals surface area contributed by atoms with Crippen molar-refractivity contribution >= 4 is 56.8 Å². The number of rotatable bonds is 6. The van der Waals surface area contributed by atoms with Gasteiger partial charge < -0.3 is 10.0 Å². The molecule has 0 atom stereocenters. The van der Waals surface area contributed by atoms with E-state index in [1.165, 1.54) is 11.0 Å². The molecule has 3 aromatic rings. The highest BCUT2D eigenvalue weighted by Gasteiger charge is 2.21. The van der Waals surface area contributed by atoms with Gasteiger partial charge in [0.15, 0.2) is 0 Å². The van der Waals surface area contributed by atoms with Gasteiger partial charge in [-0.3, -0.25) is 20.2 Å². The summed E-state index contributed by atoms with van der Waals surface area (Å²) in [7, 11) is 1.62. The van der Waals surface area contributed by atoms with Crippen LogP contribution in [-0.2, 0) is 0 Å². The third-order valence-electron chi connectivity index (χ3n) is 4.56. The van der Waals surface area contributed by atoms with Crippen LogP contribution in [0.15, 0.2) is 74.9 Å². The van der Waals surface area contributed by atoms with Crippen LogP contribution in [0.5, 0.6) is 0 Å². The van der Waals surface area contributed by atoms with E-state index in [0.29, 0.717) is 21.2 Å². The number of nitrogens with one attached hydrogen (secondary N) is 1. The van der Waals surface area contributed by atoms with E-state index in [-0.39, 0.29) is 17.2 Å². The molecule has 164 valence electrons. The van der Waals surface area contributed by atoms with Crippen LogP contribution in [0.25, 0.3) is 0 Å². The molecule has 0 aliphatic carbocycles. The molecule has 32 heavy (non-hydrogen) atoms. The number of carbonyl (C=O) groups is 2. The van der Waals surface area contributed by atoms with Crippen LogP contribution in [-0.4, -0.2) is 29.1 Å². The topological polar surface area (TPSA) is 113 Å². The van der Waals surface area contributed by atoms with Crippen molar-refractivity contribution in [3.8, 4) is 0 Å². The minimum atomic E-state index is -1.18. The van der Waals surface area contributed by atoms with Gasteiger partial charge in [-0.25, -0.2) is 4.79 Å². The smallest absolute Gasteiger partial charge is 0.409 e. The molecule has 0 aromatic heterocycles. The van der Waals surface area contributed by atoms with Gasteiger partial charge in [0.05, 0.1) is 9.82 Å². The fourth-order valence-corrected chi connectivity index (χ4v) is 4.41. The summed E-state index contributed by atoms with van der Waals surface area (Å²) in [5.41, 5.74) is 2.00. The van der Waals surface area contributed by atoms with Gasteiger partial charge in [0.25, 0.3) is 11.6 Å². The molecule has 3 rings (SSSR count). The zero-order valence-electron chi connectivity index (χ0n) is 17.0. The molecule has 0 heterocycles. The van der Waals surface area contributed by atoms with Crippen molar-refractivity contribution in [3.63, 3.8) is 0 Å². The second kappa shape index (κ2) is 9.84. The van der Waals surface area contributed by atoms with Crippen LogP contribution in [0.4, 0.5) is 21.9 Å². The monoisotopic (exact) mass is 515 g/mol. The Bertz CT molecular complexity index is 1200. The zero-order valence-corrected chi connectivity index (χ0v) is 19.4. The molecule has 2 N–H and O–H groups in total. The number of carbonyl (C=O) groups excluding carboxylic acids is 1. The fourth-order valence-electron chi connectivity index (χ4n) is 3.03. The summed E-state index contributed by atoms with van der Waals surface area (Å²) < 4.78 is 0.892. The third kappa shape index (κ3) is 5.45. The van der Waals surface area contributed by atoms with Crippen molar-refractivity contribution in [2.75, 3.05) is 17.3 Å². The van der Waals surface area contributed by atoms with Crippen molar-refractivity contribution in [1.29, 1.82) is 0 Å². The van der Waals surface area contributed by atoms with Gasteiger partial charge in [-0.05, 0) is 67.1 Å². The number of amides is 2. The van der Waals surface area contributed by atoms with Crippen molar-refractivity contribution < 1.29 is 19.6 Å². The normalized spacial score (nSPS) is 10.5. The van der Waals surface area contributed by atoms with E-state index in [9.17, 15) is 19.7 Å². The van der Waals surface area contributed by atoms with Crippen molar-refractivity contribution in [2.45, 2.75) is 16.7 Å². The van der Waals surface area contributed by atoms with Gasteiger partial charge in [-0.1, -0.05) is 27.7 Å². The van der Waals surface area contributed by atoms with E-state index in [1.807, 2.05) is 19.1 Å². The first-order valence-electron chi connectivity index (χ1n) is 9.26. The molecule has 0 saturated heterocycles. The number of hydrogen-bond donors (Lipinski definition) is 2. The number of aryl methyl sites for hydroxylation is 1. The zero-order chi connectivity index (χ0) is 23.4. The predicted molar refractivity (Wildman–Crippen MR) is 127 cm³/mol. The number of nitro groups is 1. The van der Waals surface area contributed by atoms with Gasteiger partial charge >= 0.3 is 6.09 Å². The first-order chi connectivity index (χ1) is 15.2. The summed E-state index contributed by atoms with van der Waals surface area (Å²) in [4.78, 5) is 37.4.